The fraction of sp³-hybridized carbons (Fsp3) is 0.0833. The lowest BCUT2D eigenvalue weighted by Crippen LogP contribution is -1.89. The maximum absolute atomic E-state index is 10.5. The summed E-state index contributed by atoms with van der Waals surface area (Å²) in [6, 6.07) is 1.68. The monoisotopic (exact) mass is 263 g/mol. The van der Waals surface area contributed by atoms with Crippen LogP contribution >= 0.6 is 11.6 Å². The van der Waals surface area contributed by atoms with Crippen molar-refractivity contribution in [2.75, 3.05) is 0 Å². The highest BCUT2D eigenvalue weighted by Gasteiger charge is 2.07. The first kappa shape index (κ1) is 12.3. The van der Waals surface area contributed by atoms with Gasteiger partial charge in [-0.2, -0.15) is 5.10 Å². The summed E-state index contributed by atoms with van der Waals surface area (Å²) in [5.41, 5.74) is 2.32. The molecule has 0 saturated carbocycles. The van der Waals surface area contributed by atoms with Gasteiger partial charge >= 0.3 is 5.97 Å². The van der Waals surface area contributed by atoms with Gasteiger partial charge in [-0.1, -0.05) is 11.6 Å². The van der Waals surface area contributed by atoms with Crippen LogP contribution in [-0.2, 0) is 11.8 Å². The molecule has 0 spiro atoms. The summed E-state index contributed by atoms with van der Waals surface area (Å²) in [6.07, 6.45) is 7.58. The molecule has 92 valence electrons. The second-order valence-electron chi connectivity index (χ2n) is 3.67. The van der Waals surface area contributed by atoms with Crippen LogP contribution in [-0.4, -0.2) is 25.8 Å². The average Bonchev–Trinajstić information content (AvgIpc) is 2.74. The summed E-state index contributed by atoms with van der Waals surface area (Å²) in [5.74, 6) is -1.01. The van der Waals surface area contributed by atoms with Crippen molar-refractivity contribution >= 4 is 23.6 Å². The number of hydrogen-bond donors (Lipinski definition) is 1. The first-order valence-corrected chi connectivity index (χ1v) is 5.49. The second-order valence-corrected chi connectivity index (χ2v) is 4.06. The standard InChI is InChI=1S/C12H10ClN3O2/c1-16-7-9(6-15-16)10-4-11(13)14-5-8(10)2-3-12(17)18/h2-7H,1H3,(H,17,18). The van der Waals surface area contributed by atoms with Crippen LogP contribution in [0.15, 0.2) is 30.7 Å². The number of carboxylic acids is 1. The Bertz CT molecular complexity index is 620. The average molecular weight is 264 g/mol. The zero-order valence-electron chi connectivity index (χ0n) is 9.54. The number of hydrogen-bond acceptors (Lipinski definition) is 3. The summed E-state index contributed by atoms with van der Waals surface area (Å²) in [5, 5.41) is 13.1. The van der Waals surface area contributed by atoms with E-state index >= 15 is 0 Å². The Balaban J connectivity index is 2.50. The molecular formula is C12H10ClN3O2. The molecule has 2 aromatic heterocycles. The molecule has 18 heavy (non-hydrogen) atoms. The fourth-order valence-corrected chi connectivity index (χ4v) is 1.70. The highest BCUT2D eigenvalue weighted by Crippen LogP contribution is 2.26. The van der Waals surface area contributed by atoms with E-state index in [4.69, 9.17) is 16.7 Å². The van der Waals surface area contributed by atoms with Gasteiger partial charge in [-0.3, -0.25) is 4.68 Å². The predicted molar refractivity (Wildman–Crippen MR) is 68.1 cm³/mol. The number of nitrogens with zero attached hydrogens (tertiary/aromatic N) is 3. The molecule has 0 aromatic carbocycles. The molecule has 0 aliphatic carbocycles. The van der Waals surface area contributed by atoms with Crippen molar-refractivity contribution in [2.45, 2.75) is 0 Å². The van der Waals surface area contributed by atoms with Gasteiger partial charge in [0, 0.05) is 36.6 Å². The smallest absolute Gasteiger partial charge is 0.328 e. The third-order valence-corrected chi connectivity index (χ3v) is 2.53. The lowest BCUT2D eigenvalue weighted by molar-refractivity contribution is -0.131. The maximum Gasteiger partial charge on any atom is 0.328 e. The van der Waals surface area contributed by atoms with Crippen LogP contribution in [0, 0.1) is 0 Å². The van der Waals surface area contributed by atoms with E-state index in [0.29, 0.717) is 10.7 Å². The van der Waals surface area contributed by atoms with Crippen LogP contribution in [0.4, 0.5) is 0 Å². The number of rotatable bonds is 3. The van der Waals surface area contributed by atoms with Gasteiger partial charge in [0.05, 0.1) is 6.20 Å². The van der Waals surface area contributed by atoms with E-state index in [1.54, 1.807) is 24.0 Å². The van der Waals surface area contributed by atoms with Crippen LogP contribution in [0.5, 0.6) is 0 Å². The van der Waals surface area contributed by atoms with E-state index in [2.05, 4.69) is 10.1 Å². The highest BCUT2D eigenvalue weighted by atomic mass is 35.5. The first-order valence-electron chi connectivity index (χ1n) is 5.12. The van der Waals surface area contributed by atoms with Gasteiger partial charge in [0.15, 0.2) is 0 Å². The molecule has 5 nitrogen and oxygen atoms in total. The summed E-state index contributed by atoms with van der Waals surface area (Å²) >= 11 is 5.86. The van der Waals surface area contributed by atoms with Crippen LogP contribution in [0.1, 0.15) is 5.56 Å². The van der Waals surface area contributed by atoms with Crippen molar-refractivity contribution in [3.63, 3.8) is 0 Å². The summed E-state index contributed by atoms with van der Waals surface area (Å²) in [7, 11) is 1.80. The Hall–Kier alpha value is -2.14. The van der Waals surface area contributed by atoms with E-state index in [0.717, 1.165) is 17.2 Å². The quantitative estimate of drug-likeness (QED) is 0.681. The molecule has 0 aliphatic rings. The third kappa shape index (κ3) is 2.75. The van der Waals surface area contributed by atoms with Gasteiger partial charge < -0.3 is 5.11 Å². The topological polar surface area (TPSA) is 68.0 Å². The SMILES string of the molecule is Cn1cc(-c2cc(Cl)ncc2C=CC(=O)O)cn1. The third-order valence-electron chi connectivity index (χ3n) is 2.32. The molecule has 6 heteroatoms. The number of carbonyl (C=O) groups is 1. The molecule has 0 amide bonds. The summed E-state index contributed by atoms with van der Waals surface area (Å²) < 4.78 is 1.66. The zero-order valence-corrected chi connectivity index (χ0v) is 10.3. The van der Waals surface area contributed by atoms with Crippen LogP contribution in [0.25, 0.3) is 17.2 Å². The van der Waals surface area contributed by atoms with Crippen molar-refractivity contribution in [3.05, 3.63) is 41.4 Å². The molecule has 0 radical (unpaired) electrons. The first-order chi connectivity index (χ1) is 8.56. The summed E-state index contributed by atoms with van der Waals surface area (Å²) in [6.45, 7) is 0. The lowest BCUT2D eigenvalue weighted by Gasteiger charge is -2.03. The van der Waals surface area contributed by atoms with E-state index < -0.39 is 5.97 Å². The van der Waals surface area contributed by atoms with Crippen molar-refractivity contribution in [1.82, 2.24) is 14.8 Å². The van der Waals surface area contributed by atoms with E-state index in [-0.39, 0.29) is 0 Å². The molecule has 2 heterocycles. The molecular weight excluding hydrogens is 254 g/mol. The lowest BCUT2D eigenvalue weighted by atomic mass is 10.0. The van der Waals surface area contributed by atoms with Crippen molar-refractivity contribution in [1.29, 1.82) is 0 Å². The predicted octanol–water partition coefficient (Wildman–Crippen LogP) is 2.23. The van der Waals surface area contributed by atoms with Gasteiger partial charge in [0.1, 0.15) is 5.15 Å². The molecule has 0 atom stereocenters. The van der Waals surface area contributed by atoms with Crippen LogP contribution in [0.2, 0.25) is 5.15 Å². The Labute approximate surface area is 108 Å². The van der Waals surface area contributed by atoms with E-state index in [9.17, 15) is 4.79 Å². The van der Waals surface area contributed by atoms with Crippen LogP contribution < -0.4 is 0 Å². The van der Waals surface area contributed by atoms with Gasteiger partial charge in [-0.15, -0.1) is 0 Å². The highest BCUT2D eigenvalue weighted by molar-refractivity contribution is 6.29. The number of pyridine rings is 1. The molecule has 0 aliphatic heterocycles. The van der Waals surface area contributed by atoms with E-state index in [1.165, 1.54) is 12.3 Å². The van der Waals surface area contributed by atoms with Gasteiger partial charge in [-0.05, 0) is 17.7 Å². The van der Waals surface area contributed by atoms with Gasteiger partial charge in [-0.25, -0.2) is 9.78 Å². The van der Waals surface area contributed by atoms with Crippen molar-refractivity contribution in [3.8, 4) is 11.1 Å². The normalized spacial score (nSPS) is 11.0. The molecule has 2 aromatic rings. The number of aromatic nitrogens is 3. The summed E-state index contributed by atoms with van der Waals surface area (Å²) in [4.78, 5) is 14.5. The molecule has 0 bridgehead atoms. The number of carboxylic acid groups (broad SMARTS) is 1. The Morgan fingerprint density at radius 3 is 2.89 bits per heavy atom. The molecule has 0 unspecified atom stereocenters. The molecule has 0 saturated heterocycles. The Morgan fingerprint density at radius 2 is 2.28 bits per heavy atom. The van der Waals surface area contributed by atoms with Gasteiger partial charge in [0.25, 0.3) is 0 Å². The molecule has 0 fully saturated rings. The minimum Gasteiger partial charge on any atom is -0.478 e. The second kappa shape index (κ2) is 5.01. The number of aliphatic carboxylic acids is 1. The zero-order chi connectivity index (χ0) is 13.1. The van der Waals surface area contributed by atoms with Gasteiger partial charge in [0.2, 0.25) is 0 Å². The molecule has 1 N–H and O–H groups in total. The number of halogens is 1. The molecule has 2 rings (SSSR count). The van der Waals surface area contributed by atoms with Crippen molar-refractivity contribution in [2.24, 2.45) is 7.05 Å². The minimum atomic E-state index is -1.01. The van der Waals surface area contributed by atoms with Crippen LogP contribution in [0.3, 0.4) is 0 Å². The maximum atomic E-state index is 10.5. The Kier molecular flexibility index (Phi) is 3.43. The fourth-order valence-electron chi connectivity index (χ4n) is 1.54. The number of aryl methyl sites for hydroxylation is 1. The Morgan fingerprint density at radius 1 is 1.50 bits per heavy atom. The van der Waals surface area contributed by atoms with Crippen molar-refractivity contribution < 1.29 is 9.90 Å². The largest absolute Gasteiger partial charge is 0.478 e. The van der Waals surface area contributed by atoms with E-state index in [1.807, 2.05) is 6.20 Å². The minimum absolute atomic E-state index is 0.348.